The maximum Gasteiger partial charge on any atom is 0.330 e. The van der Waals surface area contributed by atoms with Crippen LogP contribution in [0, 0.1) is 0 Å². The number of carboxylic acid groups (broad SMARTS) is 2. The first-order valence-electron chi connectivity index (χ1n) is 10.3. The highest BCUT2D eigenvalue weighted by atomic mass is 79.9. The fourth-order valence-corrected chi connectivity index (χ4v) is 4.28. The van der Waals surface area contributed by atoms with Crippen LogP contribution in [0.4, 0.5) is 11.4 Å². The smallest absolute Gasteiger partial charge is 0.330 e. The Morgan fingerprint density at radius 2 is 0.941 bits per heavy atom. The van der Waals surface area contributed by atoms with Gasteiger partial charge in [-0.15, -0.1) is 0 Å². The molecule has 34 heavy (non-hydrogen) atoms. The first-order chi connectivity index (χ1) is 16.3. The largest absolute Gasteiger partial charge is 0.479 e. The molecule has 0 saturated heterocycles. The van der Waals surface area contributed by atoms with Gasteiger partial charge in [-0.1, -0.05) is 80.4 Å². The molecule has 4 rings (SSSR count). The van der Waals surface area contributed by atoms with Crippen LogP contribution in [0.1, 0.15) is 23.2 Å². The number of fused-ring (bicyclic) bond motifs is 1. The fraction of sp³-hybridized carbons (Fsp3) is 0.0769. The highest BCUT2D eigenvalue weighted by molar-refractivity contribution is 9.10. The maximum absolute atomic E-state index is 12.0. The summed E-state index contributed by atoms with van der Waals surface area (Å²) >= 11 is 6.74. The minimum absolute atomic E-state index is 0.614. The third-order valence-electron chi connectivity index (χ3n) is 5.42. The average molecular weight is 584 g/mol. The van der Waals surface area contributed by atoms with Gasteiger partial charge in [0.15, 0.2) is 12.1 Å². The Morgan fingerprint density at radius 3 is 1.26 bits per heavy atom. The molecule has 2 atom stereocenters. The Labute approximate surface area is 212 Å². The standard InChI is InChI=1S/C26H20Br2N2O4/c27-17-9-5-15(6-10-17)23(25(31)32)29-21-13-14-22(20-4-2-1-3-19(20)21)30-24(26(33)34)16-7-11-18(28)12-8-16/h1-14,23-24,29-30H,(H,31,32)(H,33,34). The summed E-state index contributed by atoms with van der Waals surface area (Å²) in [5, 5.41) is 27.5. The first kappa shape index (κ1) is 23.8. The zero-order valence-corrected chi connectivity index (χ0v) is 20.9. The molecule has 4 aromatic rings. The third-order valence-corrected chi connectivity index (χ3v) is 6.48. The van der Waals surface area contributed by atoms with Gasteiger partial charge < -0.3 is 20.8 Å². The molecule has 0 spiro atoms. The van der Waals surface area contributed by atoms with E-state index < -0.39 is 24.0 Å². The van der Waals surface area contributed by atoms with Crippen molar-refractivity contribution in [1.29, 1.82) is 0 Å². The van der Waals surface area contributed by atoms with Gasteiger partial charge in [0.1, 0.15) is 0 Å². The summed E-state index contributed by atoms with van der Waals surface area (Å²) in [7, 11) is 0. The molecule has 0 amide bonds. The van der Waals surface area contributed by atoms with Gasteiger partial charge in [0.05, 0.1) is 0 Å². The summed E-state index contributed by atoms with van der Waals surface area (Å²) in [5.74, 6) is -2.01. The van der Waals surface area contributed by atoms with Gasteiger partial charge in [-0.05, 0) is 47.5 Å². The maximum atomic E-state index is 12.0. The molecule has 0 heterocycles. The van der Waals surface area contributed by atoms with Gasteiger partial charge in [-0.25, -0.2) is 9.59 Å². The average Bonchev–Trinajstić information content (AvgIpc) is 2.82. The molecule has 2 unspecified atom stereocenters. The van der Waals surface area contributed by atoms with Crippen molar-refractivity contribution in [3.05, 3.63) is 105 Å². The van der Waals surface area contributed by atoms with E-state index in [1.54, 1.807) is 60.7 Å². The van der Waals surface area contributed by atoms with E-state index in [-0.39, 0.29) is 0 Å². The molecule has 0 radical (unpaired) electrons. The zero-order chi connectivity index (χ0) is 24.2. The zero-order valence-electron chi connectivity index (χ0n) is 17.7. The van der Waals surface area contributed by atoms with Crippen LogP contribution in [0.25, 0.3) is 10.8 Å². The number of carboxylic acids is 2. The quantitative estimate of drug-likeness (QED) is 0.181. The molecular formula is C26H20Br2N2O4. The summed E-state index contributed by atoms with van der Waals surface area (Å²) in [5.41, 5.74) is 2.49. The van der Waals surface area contributed by atoms with Crippen molar-refractivity contribution in [2.24, 2.45) is 0 Å². The van der Waals surface area contributed by atoms with Crippen LogP contribution < -0.4 is 10.6 Å². The van der Waals surface area contributed by atoms with Gasteiger partial charge in [-0.2, -0.15) is 0 Å². The number of anilines is 2. The molecule has 4 N–H and O–H groups in total. The van der Waals surface area contributed by atoms with Crippen molar-refractivity contribution in [3.63, 3.8) is 0 Å². The molecule has 0 bridgehead atoms. The van der Waals surface area contributed by atoms with E-state index in [0.29, 0.717) is 22.5 Å². The van der Waals surface area contributed by atoms with Crippen LogP contribution in [0.2, 0.25) is 0 Å². The van der Waals surface area contributed by atoms with Gasteiger partial charge in [0, 0.05) is 31.1 Å². The molecule has 0 saturated carbocycles. The molecule has 6 nitrogen and oxygen atoms in total. The summed E-state index contributed by atoms with van der Waals surface area (Å²) in [6.07, 6.45) is 0. The van der Waals surface area contributed by atoms with E-state index in [9.17, 15) is 19.8 Å². The van der Waals surface area contributed by atoms with E-state index in [1.807, 2.05) is 24.3 Å². The van der Waals surface area contributed by atoms with Gasteiger partial charge in [0.25, 0.3) is 0 Å². The molecular weight excluding hydrogens is 564 g/mol. The van der Waals surface area contributed by atoms with Crippen molar-refractivity contribution < 1.29 is 19.8 Å². The second-order valence-electron chi connectivity index (χ2n) is 7.64. The van der Waals surface area contributed by atoms with Crippen molar-refractivity contribution in [3.8, 4) is 0 Å². The number of rotatable bonds is 8. The van der Waals surface area contributed by atoms with Crippen molar-refractivity contribution in [2.45, 2.75) is 12.1 Å². The minimum Gasteiger partial charge on any atom is -0.479 e. The molecule has 0 aliphatic heterocycles. The lowest BCUT2D eigenvalue weighted by Crippen LogP contribution is -2.21. The van der Waals surface area contributed by atoms with E-state index >= 15 is 0 Å². The van der Waals surface area contributed by atoms with Crippen LogP contribution in [0.3, 0.4) is 0 Å². The number of hydrogen-bond donors (Lipinski definition) is 4. The predicted molar refractivity (Wildman–Crippen MR) is 140 cm³/mol. The van der Waals surface area contributed by atoms with E-state index in [0.717, 1.165) is 19.7 Å². The normalized spacial score (nSPS) is 12.6. The molecule has 0 aliphatic rings. The van der Waals surface area contributed by atoms with Crippen molar-refractivity contribution >= 4 is 65.9 Å². The number of carbonyl (C=O) groups is 2. The molecule has 4 aromatic carbocycles. The van der Waals surface area contributed by atoms with Crippen LogP contribution >= 0.6 is 31.9 Å². The molecule has 0 fully saturated rings. The highest BCUT2D eigenvalue weighted by Gasteiger charge is 2.23. The number of nitrogens with one attached hydrogen (secondary N) is 2. The molecule has 0 aromatic heterocycles. The van der Waals surface area contributed by atoms with Gasteiger partial charge in [0.2, 0.25) is 0 Å². The van der Waals surface area contributed by atoms with E-state index in [2.05, 4.69) is 42.5 Å². The van der Waals surface area contributed by atoms with Crippen LogP contribution in [-0.2, 0) is 9.59 Å². The predicted octanol–water partition coefficient (Wildman–Crippen LogP) is 6.84. The van der Waals surface area contributed by atoms with E-state index in [1.165, 1.54) is 0 Å². The highest BCUT2D eigenvalue weighted by Crippen LogP contribution is 2.34. The lowest BCUT2D eigenvalue weighted by atomic mass is 10.0. The number of aliphatic carboxylic acids is 2. The van der Waals surface area contributed by atoms with Crippen molar-refractivity contribution in [1.82, 2.24) is 0 Å². The van der Waals surface area contributed by atoms with Crippen molar-refractivity contribution in [2.75, 3.05) is 10.6 Å². The Hall–Kier alpha value is -3.36. The Kier molecular flexibility index (Phi) is 7.19. The fourth-order valence-electron chi connectivity index (χ4n) is 3.75. The van der Waals surface area contributed by atoms with Crippen LogP contribution in [-0.4, -0.2) is 22.2 Å². The summed E-state index contributed by atoms with van der Waals surface area (Å²) in [6, 6.07) is 23.3. The lowest BCUT2D eigenvalue weighted by Gasteiger charge is -2.21. The minimum atomic E-state index is -1.00. The second-order valence-corrected chi connectivity index (χ2v) is 9.47. The first-order valence-corrected chi connectivity index (χ1v) is 11.9. The monoisotopic (exact) mass is 582 g/mol. The third kappa shape index (κ3) is 5.24. The Morgan fingerprint density at radius 1 is 0.588 bits per heavy atom. The SMILES string of the molecule is O=C(O)C(Nc1ccc(NC(C(=O)O)c2ccc(Br)cc2)c2ccccc12)c1ccc(Br)cc1. The second kappa shape index (κ2) is 10.3. The topological polar surface area (TPSA) is 98.7 Å². The Bertz CT molecular complexity index is 1240. The number of halogens is 2. The lowest BCUT2D eigenvalue weighted by molar-refractivity contribution is -0.139. The summed E-state index contributed by atoms with van der Waals surface area (Å²) in [4.78, 5) is 24.1. The van der Waals surface area contributed by atoms with Gasteiger partial charge >= 0.3 is 11.9 Å². The van der Waals surface area contributed by atoms with Crippen LogP contribution in [0.15, 0.2) is 93.9 Å². The summed E-state index contributed by atoms with van der Waals surface area (Å²) in [6.45, 7) is 0. The van der Waals surface area contributed by atoms with Gasteiger partial charge in [-0.3, -0.25) is 0 Å². The van der Waals surface area contributed by atoms with E-state index in [4.69, 9.17) is 0 Å². The molecule has 0 aliphatic carbocycles. The Balaban J connectivity index is 1.70. The molecule has 8 heteroatoms. The molecule has 172 valence electrons. The number of hydrogen-bond acceptors (Lipinski definition) is 4. The number of benzene rings is 4. The summed E-state index contributed by atoms with van der Waals surface area (Å²) < 4.78 is 1.72. The van der Waals surface area contributed by atoms with Crippen LogP contribution in [0.5, 0.6) is 0 Å².